The first kappa shape index (κ1) is 15.7. The van der Waals surface area contributed by atoms with Crippen LogP contribution < -0.4 is 5.73 Å². The van der Waals surface area contributed by atoms with Gasteiger partial charge in [-0.15, -0.1) is 0 Å². The summed E-state index contributed by atoms with van der Waals surface area (Å²) < 4.78 is 39.8. The zero-order chi connectivity index (χ0) is 15.6. The lowest BCUT2D eigenvalue weighted by molar-refractivity contribution is 0.210. The van der Waals surface area contributed by atoms with Crippen molar-refractivity contribution in [2.24, 2.45) is 5.73 Å². The van der Waals surface area contributed by atoms with Crippen LogP contribution >= 0.6 is 0 Å². The van der Waals surface area contributed by atoms with E-state index in [1.54, 1.807) is 6.92 Å². The van der Waals surface area contributed by atoms with Gasteiger partial charge in [0, 0.05) is 26.2 Å². The van der Waals surface area contributed by atoms with Crippen LogP contribution in [0.25, 0.3) is 0 Å². The fourth-order valence-corrected chi connectivity index (χ4v) is 4.05. The number of halogens is 1. The van der Waals surface area contributed by atoms with E-state index in [9.17, 15) is 17.6 Å². The molecular formula is C13H18FN3O3S. The van der Waals surface area contributed by atoms with Crippen molar-refractivity contribution >= 4 is 16.1 Å². The van der Waals surface area contributed by atoms with E-state index in [2.05, 4.69) is 0 Å². The Balaban J connectivity index is 2.27. The lowest BCUT2D eigenvalue weighted by Gasteiger charge is -2.21. The van der Waals surface area contributed by atoms with Gasteiger partial charge in [-0.3, -0.25) is 0 Å². The molecule has 0 bridgehead atoms. The number of carbonyl (C=O) groups excluding carboxylic acids is 1. The van der Waals surface area contributed by atoms with Crippen molar-refractivity contribution in [2.45, 2.75) is 18.2 Å². The highest BCUT2D eigenvalue weighted by molar-refractivity contribution is 7.89. The molecule has 1 aromatic carbocycles. The van der Waals surface area contributed by atoms with E-state index < -0.39 is 21.9 Å². The molecule has 1 saturated heterocycles. The molecule has 1 aliphatic heterocycles. The Morgan fingerprint density at radius 1 is 1.24 bits per heavy atom. The Bertz CT molecular complexity index is 648. The smallest absolute Gasteiger partial charge is 0.314 e. The number of rotatable bonds is 2. The van der Waals surface area contributed by atoms with Gasteiger partial charge in [0.2, 0.25) is 10.0 Å². The van der Waals surface area contributed by atoms with Crippen molar-refractivity contribution in [1.82, 2.24) is 9.21 Å². The van der Waals surface area contributed by atoms with Gasteiger partial charge in [0.15, 0.2) is 0 Å². The lowest BCUT2D eigenvalue weighted by Crippen LogP contribution is -2.39. The van der Waals surface area contributed by atoms with Gasteiger partial charge in [-0.25, -0.2) is 17.6 Å². The first-order valence-corrected chi connectivity index (χ1v) is 8.07. The summed E-state index contributed by atoms with van der Waals surface area (Å²) in [5, 5.41) is 0. The minimum absolute atomic E-state index is 0.0324. The van der Waals surface area contributed by atoms with Crippen LogP contribution in [0.1, 0.15) is 12.0 Å². The number of hydrogen-bond donors (Lipinski definition) is 1. The van der Waals surface area contributed by atoms with Gasteiger partial charge in [-0.1, -0.05) is 6.07 Å². The van der Waals surface area contributed by atoms with E-state index in [0.717, 1.165) is 6.07 Å². The molecule has 1 aromatic rings. The van der Waals surface area contributed by atoms with Crippen molar-refractivity contribution in [1.29, 1.82) is 0 Å². The standard InChI is InChI=1S/C13H18FN3O3S/c1-10-3-4-11(14)9-12(10)21(19,20)17-6-2-5-16(7-8-17)13(15)18/h3-4,9H,2,5-8H2,1H3,(H2,15,18). The molecule has 0 unspecified atom stereocenters. The van der Waals surface area contributed by atoms with Gasteiger partial charge in [-0.2, -0.15) is 4.31 Å². The Kier molecular flexibility index (Phi) is 4.48. The highest BCUT2D eigenvalue weighted by Crippen LogP contribution is 2.22. The summed E-state index contributed by atoms with van der Waals surface area (Å²) in [6.07, 6.45) is 0.497. The molecular weight excluding hydrogens is 297 g/mol. The minimum atomic E-state index is -3.77. The summed E-state index contributed by atoms with van der Waals surface area (Å²) in [7, 11) is -3.77. The van der Waals surface area contributed by atoms with E-state index in [1.807, 2.05) is 0 Å². The summed E-state index contributed by atoms with van der Waals surface area (Å²) in [6.45, 7) is 2.72. The van der Waals surface area contributed by atoms with Crippen molar-refractivity contribution in [3.8, 4) is 0 Å². The van der Waals surface area contributed by atoms with Gasteiger partial charge in [0.25, 0.3) is 0 Å². The molecule has 2 rings (SSSR count). The molecule has 0 saturated carbocycles. The van der Waals surface area contributed by atoms with Gasteiger partial charge in [0.05, 0.1) is 4.90 Å². The number of carbonyl (C=O) groups is 1. The lowest BCUT2D eigenvalue weighted by atomic mass is 10.2. The summed E-state index contributed by atoms with van der Waals surface area (Å²) >= 11 is 0. The number of sulfonamides is 1. The maximum absolute atomic E-state index is 13.3. The van der Waals surface area contributed by atoms with Crippen LogP contribution in [0.4, 0.5) is 9.18 Å². The topological polar surface area (TPSA) is 83.7 Å². The fraction of sp³-hybridized carbons (Fsp3) is 0.462. The third-order valence-corrected chi connectivity index (χ3v) is 5.58. The third-order valence-electron chi connectivity index (χ3n) is 3.53. The second-order valence-corrected chi connectivity index (χ2v) is 6.90. The van der Waals surface area contributed by atoms with Crippen LogP contribution in [-0.2, 0) is 10.0 Å². The number of nitrogens with zero attached hydrogens (tertiary/aromatic N) is 2. The number of hydrogen-bond acceptors (Lipinski definition) is 3. The Morgan fingerprint density at radius 3 is 2.62 bits per heavy atom. The Morgan fingerprint density at radius 2 is 1.95 bits per heavy atom. The number of nitrogens with two attached hydrogens (primary N) is 1. The molecule has 2 amide bonds. The molecule has 0 aromatic heterocycles. The predicted molar refractivity (Wildman–Crippen MR) is 75.7 cm³/mol. The fourth-order valence-electron chi connectivity index (χ4n) is 2.35. The number of amides is 2. The highest BCUT2D eigenvalue weighted by atomic mass is 32.2. The SMILES string of the molecule is Cc1ccc(F)cc1S(=O)(=O)N1CCCN(C(N)=O)CC1. The molecule has 8 heteroatoms. The second-order valence-electron chi connectivity index (χ2n) is 4.99. The molecule has 116 valence electrons. The first-order valence-electron chi connectivity index (χ1n) is 6.63. The summed E-state index contributed by atoms with van der Waals surface area (Å²) in [5.41, 5.74) is 5.71. The molecule has 0 radical (unpaired) electrons. The van der Waals surface area contributed by atoms with Crippen molar-refractivity contribution in [3.63, 3.8) is 0 Å². The van der Waals surface area contributed by atoms with Gasteiger partial charge in [-0.05, 0) is 31.0 Å². The molecule has 0 aliphatic carbocycles. The quantitative estimate of drug-likeness (QED) is 0.880. The van der Waals surface area contributed by atoms with E-state index in [1.165, 1.54) is 21.3 Å². The highest BCUT2D eigenvalue weighted by Gasteiger charge is 2.29. The van der Waals surface area contributed by atoms with Crippen LogP contribution in [0, 0.1) is 12.7 Å². The zero-order valence-corrected chi connectivity index (χ0v) is 12.6. The van der Waals surface area contributed by atoms with E-state index in [4.69, 9.17) is 5.73 Å². The van der Waals surface area contributed by atoms with Crippen LogP contribution in [0.2, 0.25) is 0 Å². The summed E-state index contributed by atoms with van der Waals surface area (Å²) in [6, 6.07) is 3.14. The molecule has 1 fully saturated rings. The van der Waals surface area contributed by atoms with E-state index in [0.29, 0.717) is 18.5 Å². The number of urea groups is 1. The van der Waals surface area contributed by atoms with Crippen molar-refractivity contribution in [3.05, 3.63) is 29.6 Å². The Hall–Kier alpha value is -1.67. The Labute approximate surface area is 123 Å². The van der Waals surface area contributed by atoms with Gasteiger partial charge < -0.3 is 10.6 Å². The molecule has 2 N–H and O–H groups in total. The predicted octanol–water partition coefficient (Wildman–Crippen LogP) is 0.909. The first-order chi connectivity index (χ1) is 9.82. The van der Waals surface area contributed by atoms with Gasteiger partial charge >= 0.3 is 6.03 Å². The summed E-state index contributed by atoms with van der Waals surface area (Å²) in [5.74, 6) is -0.590. The minimum Gasteiger partial charge on any atom is -0.351 e. The van der Waals surface area contributed by atoms with E-state index >= 15 is 0 Å². The maximum atomic E-state index is 13.3. The molecule has 21 heavy (non-hydrogen) atoms. The second kappa shape index (κ2) is 5.98. The van der Waals surface area contributed by atoms with Crippen LogP contribution in [0.5, 0.6) is 0 Å². The van der Waals surface area contributed by atoms with Gasteiger partial charge in [0.1, 0.15) is 5.82 Å². The normalized spacial score (nSPS) is 17.5. The van der Waals surface area contributed by atoms with Crippen LogP contribution in [0.3, 0.4) is 0 Å². The molecule has 1 aliphatic rings. The average Bonchev–Trinajstić information content (AvgIpc) is 2.67. The zero-order valence-electron chi connectivity index (χ0n) is 11.8. The number of aryl methyl sites for hydroxylation is 1. The molecule has 6 nitrogen and oxygen atoms in total. The maximum Gasteiger partial charge on any atom is 0.314 e. The average molecular weight is 315 g/mol. The number of benzene rings is 1. The monoisotopic (exact) mass is 315 g/mol. The van der Waals surface area contributed by atoms with Crippen molar-refractivity contribution in [2.75, 3.05) is 26.2 Å². The molecule has 1 heterocycles. The van der Waals surface area contributed by atoms with Crippen molar-refractivity contribution < 1.29 is 17.6 Å². The van der Waals surface area contributed by atoms with E-state index in [-0.39, 0.29) is 24.5 Å². The van der Waals surface area contributed by atoms with Crippen LogP contribution in [-0.4, -0.2) is 49.8 Å². The molecule has 0 atom stereocenters. The molecule has 0 spiro atoms. The largest absolute Gasteiger partial charge is 0.351 e. The number of primary amides is 1. The van der Waals surface area contributed by atoms with Crippen LogP contribution in [0.15, 0.2) is 23.1 Å². The third kappa shape index (κ3) is 3.33. The summed E-state index contributed by atoms with van der Waals surface area (Å²) in [4.78, 5) is 12.5.